The van der Waals surface area contributed by atoms with E-state index in [0.717, 1.165) is 25.2 Å². The number of amides is 2. The molecule has 0 unspecified atom stereocenters. The zero-order valence-electron chi connectivity index (χ0n) is 20.3. The number of hydrogen-bond acceptors (Lipinski definition) is 7. The van der Waals surface area contributed by atoms with E-state index in [1.54, 1.807) is 9.80 Å². The Kier molecular flexibility index (Phi) is 6.65. The molecule has 1 aromatic carbocycles. The molecular formula is C24H30FN3O6S. The van der Waals surface area contributed by atoms with Crippen LogP contribution in [0.1, 0.15) is 57.0 Å². The lowest BCUT2D eigenvalue weighted by Crippen LogP contribution is -2.50. The van der Waals surface area contributed by atoms with Crippen molar-refractivity contribution in [2.45, 2.75) is 69.0 Å². The van der Waals surface area contributed by atoms with Gasteiger partial charge in [0, 0.05) is 31.4 Å². The standard InChI is InChI=1S/C24H30FN3O6S/c1-24(2,3)34-23(30)27-11-9-16(10-12-27)28(15-5-6-15)22(29)20-14-26-21(33-20)18-8-7-17(13-19(18)25)35(4,31)32/h7-8,13-16H,5-6,9-12H2,1-4H3. The molecule has 1 aromatic heterocycles. The van der Waals surface area contributed by atoms with E-state index >= 15 is 0 Å². The Bertz CT molecular complexity index is 1220. The summed E-state index contributed by atoms with van der Waals surface area (Å²) in [4.78, 5) is 33.1. The molecule has 2 heterocycles. The third-order valence-corrected chi connectivity index (χ3v) is 7.11. The second kappa shape index (κ2) is 9.25. The Hall–Kier alpha value is -2.95. The maximum Gasteiger partial charge on any atom is 0.410 e. The molecule has 0 bridgehead atoms. The van der Waals surface area contributed by atoms with Crippen molar-refractivity contribution in [1.82, 2.24) is 14.8 Å². The highest BCUT2D eigenvalue weighted by Gasteiger charge is 2.41. The number of likely N-dealkylation sites (tertiary alicyclic amines) is 1. The number of rotatable bonds is 5. The lowest BCUT2D eigenvalue weighted by atomic mass is 10.0. The van der Waals surface area contributed by atoms with Gasteiger partial charge in [0.2, 0.25) is 11.7 Å². The Morgan fingerprint density at radius 3 is 2.31 bits per heavy atom. The van der Waals surface area contributed by atoms with E-state index in [9.17, 15) is 22.4 Å². The fourth-order valence-electron chi connectivity index (χ4n) is 4.16. The smallest absolute Gasteiger partial charge is 0.410 e. The van der Waals surface area contributed by atoms with Crippen LogP contribution in [0.15, 0.2) is 33.7 Å². The molecule has 9 nitrogen and oxygen atoms in total. The molecule has 11 heteroatoms. The molecule has 2 fully saturated rings. The summed E-state index contributed by atoms with van der Waals surface area (Å²) in [5.74, 6) is -1.23. The predicted molar refractivity (Wildman–Crippen MR) is 125 cm³/mol. The van der Waals surface area contributed by atoms with Gasteiger partial charge in [-0.2, -0.15) is 0 Å². The maximum absolute atomic E-state index is 14.6. The first-order valence-corrected chi connectivity index (χ1v) is 13.5. The van der Waals surface area contributed by atoms with Gasteiger partial charge in [-0.05, 0) is 64.7 Å². The van der Waals surface area contributed by atoms with Gasteiger partial charge in [0.15, 0.2) is 9.84 Å². The largest absolute Gasteiger partial charge is 0.444 e. The van der Waals surface area contributed by atoms with Crippen LogP contribution in [0.5, 0.6) is 0 Å². The van der Waals surface area contributed by atoms with Crippen molar-refractivity contribution in [3.63, 3.8) is 0 Å². The molecule has 4 rings (SSSR count). The first-order chi connectivity index (χ1) is 16.3. The van der Waals surface area contributed by atoms with E-state index in [1.807, 2.05) is 20.8 Å². The molecule has 1 saturated heterocycles. The molecule has 2 amide bonds. The summed E-state index contributed by atoms with van der Waals surface area (Å²) in [5.41, 5.74) is -0.599. The highest BCUT2D eigenvalue weighted by atomic mass is 32.2. The number of ether oxygens (including phenoxy) is 1. The number of benzene rings is 1. The van der Waals surface area contributed by atoms with E-state index in [1.165, 1.54) is 18.3 Å². The Morgan fingerprint density at radius 1 is 1.14 bits per heavy atom. The molecule has 2 aromatic rings. The van der Waals surface area contributed by atoms with Crippen LogP contribution in [-0.2, 0) is 14.6 Å². The van der Waals surface area contributed by atoms with Crippen LogP contribution in [0.3, 0.4) is 0 Å². The van der Waals surface area contributed by atoms with E-state index in [-0.39, 0.29) is 46.2 Å². The SMILES string of the molecule is CC(C)(C)OC(=O)N1CCC(N(C(=O)c2cnc(-c3ccc(S(C)(=O)=O)cc3F)o2)C2CC2)CC1. The third kappa shape index (κ3) is 5.83. The number of sulfone groups is 1. The fourth-order valence-corrected chi connectivity index (χ4v) is 4.79. The average Bonchev–Trinajstić information content (AvgIpc) is 3.47. The molecule has 190 valence electrons. The summed E-state index contributed by atoms with van der Waals surface area (Å²) in [5, 5.41) is 0. The summed E-state index contributed by atoms with van der Waals surface area (Å²) in [6.45, 7) is 6.43. The maximum atomic E-state index is 14.6. The van der Waals surface area contributed by atoms with Gasteiger partial charge in [0.1, 0.15) is 11.4 Å². The summed E-state index contributed by atoms with van der Waals surface area (Å²) in [7, 11) is -3.56. The van der Waals surface area contributed by atoms with Crippen molar-refractivity contribution in [1.29, 1.82) is 0 Å². The van der Waals surface area contributed by atoms with Crippen LogP contribution < -0.4 is 0 Å². The van der Waals surface area contributed by atoms with Crippen LogP contribution in [0.25, 0.3) is 11.5 Å². The first-order valence-electron chi connectivity index (χ1n) is 11.6. The number of carbonyl (C=O) groups excluding carboxylic acids is 2. The van der Waals surface area contributed by atoms with E-state index in [4.69, 9.17) is 9.15 Å². The number of nitrogens with zero attached hydrogens (tertiary/aromatic N) is 3. The summed E-state index contributed by atoms with van der Waals surface area (Å²) in [6, 6.07) is 3.49. The topological polar surface area (TPSA) is 110 Å². The van der Waals surface area contributed by atoms with Crippen LogP contribution in [0.4, 0.5) is 9.18 Å². The minimum absolute atomic E-state index is 0.00642. The van der Waals surface area contributed by atoms with Crippen molar-refractivity contribution in [3.8, 4) is 11.5 Å². The summed E-state index contributed by atoms with van der Waals surface area (Å²) in [6.07, 6.45) is 4.92. The zero-order chi connectivity index (χ0) is 25.5. The van der Waals surface area contributed by atoms with Crippen molar-refractivity contribution in [3.05, 3.63) is 36.0 Å². The van der Waals surface area contributed by atoms with Crippen molar-refractivity contribution in [2.24, 2.45) is 0 Å². The monoisotopic (exact) mass is 507 g/mol. The molecule has 0 spiro atoms. The number of aromatic nitrogens is 1. The van der Waals surface area contributed by atoms with E-state index < -0.39 is 21.3 Å². The van der Waals surface area contributed by atoms with E-state index in [2.05, 4.69) is 4.98 Å². The van der Waals surface area contributed by atoms with E-state index in [0.29, 0.717) is 25.9 Å². The van der Waals surface area contributed by atoms with Crippen LogP contribution >= 0.6 is 0 Å². The Morgan fingerprint density at radius 2 is 1.77 bits per heavy atom. The highest BCUT2D eigenvalue weighted by Crippen LogP contribution is 2.34. The molecular weight excluding hydrogens is 477 g/mol. The minimum Gasteiger partial charge on any atom is -0.444 e. The molecule has 1 aliphatic carbocycles. The number of piperidine rings is 1. The summed E-state index contributed by atoms with van der Waals surface area (Å²) >= 11 is 0. The number of hydrogen-bond donors (Lipinski definition) is 0. The van der Waals surface area contributed by atoms with Gasteiger partial charge in [0.25, 0.3) is 5.91 Å². The van der Waals surface area contributed by atoms with Crippen LogP contribution in [0.2, 0.25) is 0 Å². The Balaban J connectivity index is 1.47. The number of carbonyl (C=O) groups is 2. The molecule has 35 heavy (non-hydrogen) atoms. The van der Waals surface area contributed by atoms with Gasteiger partial charge in [-0.1, -0.05) is 0 Å². The molecule has 0 atom stereocenters. The first kappa shape index (κ1) is 25.2. The van der Waals surface area contributed by atoms with Crippen molar-refractivity contribution < 1.29 is 31.6 Å². The number of halogens is 1. The third-order valence-electron chi connectivity index (χ3n) is 6.00. The van der Waals surface area contributed by atoms with Gasteiger partial charge >= 0.3 is 6.09 Å². The lowest BCUT2D eigenvalue weighted by Gasteiger charge is -2.38. The van der Waals surface area contributed by atoms with Crippen molar-refractivity contribution >= 4 is 21.8 Å². The van der Waals surface area contributed by atoms with Gasteiger partial charge in [-0.25, -0.2) is 22.6 Å². The van der Waals surface area contributed by atoms with Gasteiger partial charge < -0.3 is 19.0 Å². The molecule has 2 aliphatic rings. The molecule has 0 radical (unpaired) electrons. The van der Waals surface area contributed by atoms with Gasteiger partial charge in [0.05, 0.1) is 16.7 Å². The highest BCUT2D eigenvalue weighted by molar-refractivity contribution is 7.90. The summed E-state index contributed by atoms with van der Waals surface area (Å²) < 4.78 is 49.0. The molecule has 1 saturated carbocycles. The number of oxazole rings is 1. The quantitative estimate of drug-likeness (QED) is 0.604. The van der Waals surface area contributed by atoms with Gasteiger partial charge in [-0.15, -0.1) is 0 Å². The van der Waals surface area contributed by atoms with Gasteiger partial charge in [-0.3, -0.25) is 4.79 Å². The Labute approximate surface area is 204 Å². The predicted octanol–water partition coefficient (Wildman–Crippen LogP) is 3.89. The van der Waals surface area contributed by atoms with Crippen LogP contribution in [-0.4, -0.2) is 72.2 Å². The lowest BCUT2D eigenvalue weighted by molar-refractivity contribution is 0.0138. The molecule has 0 N–H and O–H groups in total. The average molecular weight is 508 g/mol. The van der Waals surface area contributed by atoms with Crippen LogP contribution in [0, 0.1) is 5.82 Å². The normalized spacial score (nSPS) is 17.3. The minimum atomic E-state index is -3.56. The fraction of sp³-hybridized carbons (Fsp3) is 0.542. The van der Waals surface area contributed by atoms with Crippen molar-refractivity contribution in [2.75, 3.05) is 19.3 Å². The zero-order valence-corrected chi connectivity index (χ0v) is 21.1. The second-order valence-corrected chi connectivity index (χ2v) is 12.1. The molecule has 1 aliphatic heterocycles. The second-order valence-electron chi connectivity index (χ2n) is 10.1.